The van der Waals surface area contributed by atoms with Crippen LogP contribution in [0.3, 0.4) is 0 Å². The second-order valence-electron chi connectivity index (χ2n) is 10.9. The van der Waals surface area contributed by atoms with E-state index >= 15 is 0 Å². The van der Waals surface area contributed by atoms with E-state index in [1.165, 1.54) is 16.9 Å². The Morgan fingerprint density at radius 3 is 2.33 bits per heavy atom. The van der Waals surface area contributed by atoms with Crippen molar-refractivity contribution in [2.45, 2.75) is 75.4 Å². The molecular formula is C32H34F3N3O4S. The van der Waals surface area contributed by atoms with E-state index in [4.69, 9.17) is 4.74 Å². The molecule has 7 nitrogen and oxygen atoms in total. The van der Waals surface area contributed by atoms with Gasteiger partial charge < -0.3 is 9.64 Å². The molecule has 11 heteroatoms. The Morgan fingerprint density at radius 1 is 1.00 bits per heavy atom. The lowest BCUT2D eigenvalue weighted by molar-refractivity contribution is -0.173. The van der Waals surface area contributed by atoms with Gasteiger partial charge in [-0.25, -0.2) is 0 Å². The highest BCUT2D eigenvalue weighted by molar-refractivity contribution is 7.98. The maximum absolute atomic E-state index is 14.2. The molecule has 1 aromatic heterocycles. The summed E-state index contributed by atoms with van der Waals surface area (Å²) >= 11 is 1.62. The highest BCUT2D eigenvalue weighted by atomic mass is 32.2. The number of amides is 1. The predicted molar refractivity (Wildman–Crippen MR) is 159 cm³/mol. The van der Waals surface area contributed by atoms with Crippen molar-refractivity contribution in [2.75, 3.05) is 11.7 Å². The van der Waals surface area contributed by atoms with Crippen molar-refractivity contribution >= 4 is 23.6 Å². The molecule has 0 radical (unpaired) electrons. The van der Waals surface area contributed by atoms with Gasteiger partial charge in [-0.05, 0) is 42.5 Å². The fourth-order valence-corrected chi connectivity index (χ4v) is 6.89. The van der Waals surface area contributed by atoms with E-state index in [1.54, 1.807) is 16.8 Å². The van der Waals surface area contributed by atoms with Crippen molar-refractivity contribution in [3.63, 3.8) is 0 Å². The SMILES string of the molecule is CCCC(CCC)C(=O)Oc1c2n(ccc1=O)N([C@H]1c3ccccc3CSc3ccccc31)CN([C@H](C)C(F)(F)F)C2=O. The minimum absolute atomic E-state index is 0.401. The number of hydrogen-bond acceptors (Lipinski definition) is 6. The number of pyridine rings is 1. The summed E-state index contributed by atoms with van der Waals surface area (Å²) in [7, 11) is 0. The number of hydrogen-bond donors (Lipinski definition) is 0. The van der Waals surface area contributed by atoms with E-state index < -0.39 is 59.6 Å². The van der Waals surface area contributed by atoms with Crippen molar-refractivity contribution in [3.05, 3.63) is 93.4 Å². The Bertz CT molecular complexity index is 1520. The normalized spacial score (nSPS) is 17.2. The number of alkyl halides is 3. The van der Waals surface area contributed by atoms with Crippen LogP contribution in [0.1, 0.15) is 79.7 Å². The summed E-state index contributed by atoms with van der Waals surface area (Å²) in [5.41, 5.74) is 1.56. The zero-order chi connectivity index (χ0) is 30.9. The second kappa shape index (κ2) is 12.5. The molecular weight excluding hydrogens is 579 g/mol. The first kappa shape index (κ1) is 30.7. The Balaban J connectivity index is 1.73. The zero-order valence-corrected chi connectivity index (χ0v) is 25.1. The Kier molecular flexibility index (Phi) is 8.91. The second-order valence-corrected chi connectivity index (χ2v) is 11.9. The number of carbonyl (C=O) groups is 2. The minimum Gasteiger partial charge on any atom is -0.420 e. The fraction of sp³-hybridized carbons (Fsp3) is 0.406. The molecule has 0 spiro atoms. The number of fused-ring (bicyclic) bond motifs is 3. The van der Waals surface area contributed by atoms with E-state index in [0.29, 0.717) is 36.3 Å². The number of esters is 1. The van der Waals surface area contributed by atoms with Crippen LogP contribution >= 0.6 is 11.8 Å². The molecule has 2 aromatic carbocycles. The van der Waals surface area contributed by atoms with Crippen LogP contribution in [0, 0.1) is 5.92 Å². The van der Waals surface area contributed by atoms with Crippen LogP contribution in [0.15, 0.2) is 70.5 Å². The summed E-state index contributed by atoms with van der Waals surface area (Å²) in [5.74, 6) is -2.11. The van der Waals surface area contributed by atoms with Crippen molar-refractivity contribution in [1.29, 1.82) is 0 Å². The maximum Gasteiger partial charge on any atom is 0.408 e. The molecule has 3 heterocycles. The molecule has 0 saturated heterocycles. The molecule has 2 aliphatic rings. The number of ether oxygens (including phenoxy) is 1. The lowest BCUT2D eigenvalue weighted by atomic mass is 9.94. The smallest absolute Gasteiger partial charge is 0.408 e. The average molecular weight is 614 g/mol. The number of carbonyl (C=O) groups excluding carboxylic acids is 2. The summed E-state index contributed by atoms with van der Waals surface area (Å²) in [4.78, 5) is 42.1. The van der Waals surface area contributed by atoms with Crippen LogP contribution in [-0.4, -0.2) is 40.3 Å². The highest BCUT2D eigenvalue weighted by Gasteiger charge is 2.48. The van der Waals surface area contributed by atoms with E-state index in [2.05, 4.69) is 0 Å². The van der Waals surface area contributed by atoms with Gasteiger partial charge in [-0.1, -0.05) is 69.2 Å². The Labute approximate surface area is 252 Å². The first-order valence-corrected chi connectivity index (χ1v) is 15.5. The molecule has 3 aromatic rings. The highest BCUT2D eigenvalue weighted by Crippen LogP contribution is 2.43. The molecule has 0 saturated carbocycles. The summed E-state index contributed by atoms with van der Waals surface area (Å²) in [6.45, 7) is 4.35. The molecule has 0 N–H and O–H groups in total. The monoisotopic (exact) mass is 613 g/mol. The van der Waals surface area contributed by atoms with Gasteiger partial charge >= 0.3 is 12.1 Å². The third kappa shape index (κ3) is 5.91. The molecule has 0 aliphatic carbocycles. The standard InChI is InChI=1S/C32H34F3N3O4S/c1-4-10-21(11-5-2)31(41)42-29-25(39)16-17-37-28(29)30(40)36(20(3)32(33,34)35)19-38(37)27-23-13-7-6-12-22(23)18-43-26-15-9-8-14-24(26)27/h6-9,12-17,20-21,27H,4-5,10-11,18-19H2,1-3H3/t20-,27+/m1/s1. The third-order valence-electron chi connectivity index (χ3n) is 8.07. The molecule has 5 rings (SSSR count). The largest absolute Gasteiger partial charge is 0.420 e. The average Bonchev–Trinajstić information content (AvgIpc) is 3.15. The van der Waals surface area contributed by atoms with Gasteiger partial charge in [-0.2, -0.15) is 13.2 Å². The van der Waals surface area contributed by atoms with Gasteiger partial charge in [0.15, 0.2) is 5.69 Å². The molecule has 0 unspecified atom stereocenters. The summed E-state index contributed by atoms with van der Waals surface area (Å²) in [6.07, 6.45) is -0.915. The zero-order valence-electron chi connectivity index (χ0n) is 24.3. The van der Waals surface area contributed by atoms with Crippen molar-refractivity contribution in [1.82, 2.24) is 9.58 Å². The van der Waals surface area contributed by atoms with Crippen LogP contribution in [-0.2, 0) is 10.5 Å². The Morgan fingerprint density at radius 2 is 1.65 bits per heavy atom. The van der Waals surface area contributed by atoms with Crippen molar-refractivity contribution in [3.8, 4) is 5.75 Å². The van der Waals surface area contributed by atoms with Crippen molar-refractivity contribution < 1.29 is 27.5 Å². The number of rotatable bonds is 8. The molecule has 0 bridgehead atoms. The van der Waals surface area contributed by atoms with E-state index in [1.807, 2.05) is 62.4 Å². The maximum atomic E-state index is 14.2. The Hall–Kier alpha value is -3.73. The van der Waals surface area contributed by atoms with Crippen LogP contribution in [0.25, 0.3) is 0 Å². The molecule has 2 atom stereocenters. The third-order valence-corrected chi connectivity index (χ3v) is 9.21. The number of nitrogens with zero attached hydrogens (tertiary/aromatic N) is 3. The number of thioether (sulfide) groups is 1. The fourth-order valence-electron chi connectivity index (χ4n) is 5.80. The summed E-state index contributed by atoms with van der Waals surface area (Å²) < 4.78 is 49.6. The molecule has 43 heavy (non-hydrogen) atoms. The van der Waals surface area contributed by atoms with Crippen LogP contribution in [0.2, 0.25) is 0 Å². The first-order valence-electron chi connectivity index (χ1n) is 14.5. The van der Waals surface area contributed by atoms with Gasteiger partial charge in [0.2, 0.25) is 11.2 Å². The number of halogens is 3. The van der Waals surface area contributed by atoms with E-state index in [0.717, 1.165) is 28.5 Å². The summed E-state index contributed by atoms with van der Waals surface area (Å²) in [6, 6.07) is 13.8. The first-order chi connectivity index (χ1) is 20.6. The molecule has 228 valence electrons. The number of benzene rings is 2. The minimum atomic E-state index is -4.74. The van der Waals surface area contributed by atoms with Crippen LogP contribution in [0.5, 0.6) is 5.75 Å². The molecule has 2 aliphatic heterocycles. The van der Waals surface area contributed by atoms with E-state index in [9.17, 15) is 27.6 Å². The van der Waals surface area contributed by atoms with Gasteiger partial charge in [0.1, 0.15) is 12.7 Å². The van der Waals surface area contributed by atoms with E-state index in [-0.39, 0.29) is 0 Å². The van der Waals surface area contributed by atoms with Gasteiger partial charge in [-0.15, -0.1) is 11.8 Å². The summed E-state index contributed by atoms with van der Waals surface area (Å²) in [5, 5.41) is 1.65. The lowest BCUT2D eigenvalue weighted by Crippen LogP contribution is -2.60. The van der Waals surface area contributed by atoms with Gasteiger partial charge in [0, 0.05) is 22.9 Å². The van der Waals surface area contributed by atoms with Gasteiger partial charge in [0.05, 0.1) is 12.0 Å². The molecule has 1 amide bonds. The van der Waals surface area contributed by atoms with Crippen LogP contribution < -0.4 is 15.2 Å². The topological polar surface area (TPSA) is 71.8 Å². The lowest BCUT2D eigenvalue weighted by Gasteiger charge is -2.46. The van der Waals surface area contributed by atoms with Crippen LogP contribution in [0.4, 0.5) is 13.2 Å². The quantitative estimate of drug-likeness (QED) is 0.265. The van der Waals surface area contributed by atoms with Crippen molar-refractivity contribution in [2.24, 2.45) is 5.92 Å². The van der Waals surface area contributed by atoms with Gasteiger partial charge in [-0.3, -0.25) is 24.1 Å². The van der Waals surface area contributed by atoms with Gasteiger partial charge in [0.25, 0.3) is 5.91 Å². The molecule has 0 fully saturated rings. The predicted octanol–water partition coefficient (Wildman–Crippen LogP) is 6.67. The number of aromatic nitrogens is 1.